The highest BCUT2D eigenvalue weighted by Crippen LogP contribution is 2.30. The SMILES string of the molecule is C[C@H]1CCCC[C@H]1NC(=O)CN1C(=O)CS/C1=C/C(=O)C(C)(C)C. The lowest BCUT2D eigenvalue weighted by Gasteiger charge is -2.30. The number of ketones is 1. The Morgan fingerprint density at radius 2 is 1.96 bits per heavy atom. The van der Waals surface area contributed by atoms with Crippen LogP contribution in [0.1, 0.15) is 53.4 Å². The molecular formula is C18H28N2O3S. The first-order valence-corrected chi connectivity index (χ1v) is 9.65. The molecule has 1 aliphatic heterocycles. The van der Waals surface area contributed by atoms with E-state index in [0.717, 1.165) is 19.3 Å². The van der Waals surface area contributed by atoms with Crippen LogP contribution in [0.3, 0.4) is 0 Å². The molecule has 2 atom stereocenters. The van der Waals surface area contributed by atoms with Gasteiger partial charge >= 0.3 is 0 Å². The van der Waals surface area contributed by atoms with E-state index in [4.69, 9.17) is 0 Å². The van der Waals surface area contributed by atoms with Crippen LogP contribution in [0.4, 0.5) is 0 Å². The van der Waals surface area contributed by atoms with Gasteiger partial charge in [-0.25, -0.2) is 0 Å². The number of rotatable bonds is 4. The first-order chi connectivity index (χ1) is 11.2. The lowest BCUT2D eigenvalue weighted by atomic mass is 9.86. The summed E-state index contributed by atoms with van der Waals surface area (Å²) in [6.07, 6.45) is 6.00. The maximum absolute atomic E-state index is 12.4. The second-order valence-corrected chi connectivity index (χ2v) is 8.80. The van der Waals surface area contributed by atoms with Crippen molar-refractivity contribution in [3.8, 4) is 0 Å². The van der Waals surface area contributed by atoms with Gasteiger partial charge in [0.05, 0.1) is 10.8 Å². The molecular weight excluding hydrogens is 324 g/mol. The van der Waals surface area contributed by atoms with Crippen molar-refractivity contribution in [1.82, 2.24) is 10.2 Å². The minimum absolute atomic E-state index is 0.00168. The smallest absolute Gasteiger partial charge is 0.240 e. The molecule has 0 spiro atoms. The summed E-state index contributed by atoms with van der Waals surface area (Å²) in [6, 6.07) is 0.195. The Kier molecular flexibility index (Phi) is 6.12. The Balaban J connectivity index is 2.00. The number of nitrogens with zero attached hydrogens (tertiary/aromatic N) is 1. The van der Waals surface area contributed by atoms with Crippen molar-refractivity contribution in [3.63, 3.8) is 0 Å². The molecule has 0 radical (unpaired) electrons. The second kappa shape index (κ2) is 7.72. The second-order valence-electron chi connectivity index (χ2n) is 7.80. The van der Waals surface area contributed by atoms with Gasteiger partial charge in [-0.2, -0.15) is 0 Å². The van der Waals surface area contributed by atoms with Gasteiger partial charge in [-0.05, 0) is 18.8 Å². The summed E-state index contributed by atoms with van der Waals surface area (Å²) in [5.41, 5.74) is -0.495. The molecule has 0 aromatic carbocycles. The summed E-state index contributed by atoms with van der Waals surface area (Å²) >= 11 is 1.33. The lowest BCUT2D eigenvalue weighted by molar-refractivity contribution is -0.131. The molecule has 0 unspecified atom stereocenters. The van der Waals surface area contributed by atoms with E-state index < -0.39 is 5.41 Å². The van der Waals surface area contributed by atoms with E-state index >= 15 is 0 Å². The monoisotopic (exact) mass is 352 g/mol. The number of carbonyl (C=O) groups is 3. The van der Waals surface area contributed by atoms with Gasteiger partial charge in [-0.3, -0.25) is 19.3 Å². The fourth-order valence-electron chi connectivity index (χ4n) is 2.96. The quantitative estimate of drug-likeness (QED) is 0.790. The minimum atomic E-state index is -0.495. The Hall–Kier alpha value is -1.30. The summed E-state index contributed by atoms with van der Waals surface area (Å²) in [6.45, 7) is 7.69. The minimum Gasteiger partial charge on any atom is -0.352 e. The summed E-state index contributed by atoms with van der Waals surface area (Å²) in [5.74, 6) is 0.476. The van der Waals surface area contributed by atoms with Crippen LogP contribution in [0.2, 0.25) is 0 Å². The Morgan fingerprint density at radius 3 is 2.58 bits per heavy atom. The highest BCUT2D eigenvalue weighted by molar-refractivity contribution is 8.04. The summed E-state index contributed by atoms with van der Waals surface area (Å²) in [4.78, 5) is 38.1. The van der Waals surface area contributed by atoms with E-state index in [2.05, 4.69) is 12.2 Å². The van der Waals surface area contributed by atoms with Crippen LogP contribution in [-0.4, -0.2) is 40.8 Å². The number of nitrogens with one attached hydrogen (secondary N) is 1. The predicted octanol–water partition coefficient (Wildman–Crippen LogP) is 2.71. The third-order valence-electron chi connectivity index (χ3n) is 4.66. The van der Waals surface area contributed by atoms with Crippen LogP contribution in [0.25, 0.3) is 0 Å². The van der Waals surface area contributed by atoms with Crippen LogP contribution in [0, 0.1) is 11.3 Å². The molecule has 1 saturated heterocycles. The molecule has 1 heterocycles. The highest BCUT2D eigenvalue weighted by atomic mass is 32.2. The Labute approximate surface area is 148 Å². The van der Waals surface area contributed by atoms with Crippen molar-refractivity contribution in [3.05, 3.63) is 11.1 Å². The number of thioether (sulfide) groups is 1. The van der Waals surface area contributed by atoms with Gasteiger partial charge in [-0.15, -0.1) is 0 Å². The number of hydrogen-bond donors (Lipinski definition) is 1. The fourth-order valence-corrected chi connectivity index (χ4v) is 3.90. The van der Waals surface area contributed by atoms with Gasteiger partial charge in [-0.1, -0.05) is 52.3 Å². The topological polar surface area (TPSA) is 66.5 Å². The lowest BCUT2D eigenvalue weighted by Crippen LogP contribution is -2.45. The maximum atomic E-state index is 12.4. The van der Waals surface area contributed by atoms with Crippen LogP contribution < -0.4 is 5.32 Å². The van der Waals surface area contributed by atoms with Crippen molar-refractivity contribution < 1.29 is 14.4 Å². The predicted molar refractivity (Wildman–Crippen MR) is 96.3 cm³/mol. The normalized spacial score (nSPS) is 26.8. The van der Waals surface area contributed by atoms with Crippen molar-refractivity contribution in [2.24, 2.45) is 11.3 Å². The van der Waals surface area contributed by atoms with Crippen molar-refractivity contribution >= 4 is 29.4 Å². The highest BCUT2D eigenvalue weighted by Gasteiger charge is 2.32. The van der Waals surface area contributed by atoms with E-state index in [-0.39, 0.29) is 35.9 Å². The van der Waals surface area contributed by atoms with Gasteiger partial charge in [0, 0.05) is 17.5 Å². The van der Waals surface area contributed by atoms with E-state index in [1.165, 1.54) is 29.2 Å². The van der Waals surface area contributed by atoms with E-state index in [0.29, 0.717) is 10.9 Å². The van der Waals surface area contributed by atoms with Crippen molar-refractivity contribution in [2.45, 2.75) is 59.4 Å². The molecule has 0 aromatic heterocycles. The number of hydrogen-bond acceptors (Lipinski definition) is 4. The molecule has 2 amide bonds. The van der Waals surface area contributed by atoms with Gasteiger partial charge < -0.3 is 5.32 Å². The van der Waals surface area contributed by atoms with E-state index in [9.17, 15) is 14.4 Å². The number of allylic oxidation sites excluding steroid dienone is 1. The Morgan fingerprint density at radius 1 is 1.29 bits per heavy atom. The van der Waals surface area contributed by atoms with Gasteiger partial charge in [0.2, 0.25) is 11.8 Å². The fraction of sp³-hybridized carbons (Fsp3) is 0.722. The summed E-state index contributed by atoms with van der Waals surface area (Å²) in [7, 11) is 0. The maximum Gasteiger partial charge on any atom is 0.240 e. The zero-order chi connectivity index (χ0) is 17.9. The largest absolute Gasteiger partial charge is 0.352 e. The molecule has 134 valence electrons. The first kappa shape index (κ1) is 19.0. The zero-order valence-corrected chi connectivity index (χ0v) is 15.9. The molecule has 2 rings (SSSR count). The molecule has 0 bridgehead atoms. The molecule has 0 aromatic rings. The Bertz CT molecular complexity index is 551. The molecule has 6 heteroatoms. The van der Waals surface area contributed by atoms with Crippen LogP contribution in [0.15, 0.2) is 11.1 Å². The average molecular weight is 353 g/mol. The third-order valence-corrected chi connectivity index (χ3v) is 5.69. The molecule has 1 N–H and O–H groups in total. The zero-order valence-electron chi connectivity index (χ0n) is 15.1. The third kappa shape index (κ3) is 4.85. The van der Waals surface area contributed by atoms with Gasteiger partial charge in [0.1, 0.15) is 6.54 Å². The van der Waals surface area contributed by atoms with Gasteiger partial charge in [0.25, 0.3) is 0 Å². The van der Waals surface area contributed by atoms with Crippen LogP contribution >= 0.6 is 11.8 Å². The standard InChI is InChI=1S/C18H28N2O3S/c1-12-7-5-6-8-13(12)19-15(22)10-20-16(23)11-24-17(20)9-14(21)18(2,3)4/h9,12-13H,5-8,10-11H2,1-4H3,(H,19,22)/b17-9+/t12-,13+/m0/s1. The summed E-state index contributed by atoms with van der Waals surface area (Å²) in [5, 5.41) is 3.66. The summed E-state index contributed by atoms with van der Waals surface area (Å²) < 4.78 is 0. The molecule has 24 heavy (non-hydrogen) atoms. The van der Waals surface area contributed by atoms with E-state index in [1.807, 2.05) is 20.8 Å². The first-order valence-electron chi connectivity index (χ1n) is 8.67. The van der Waals surface area contributed by atoms with Crippen LogP contribution in [-0.2, 0) is 14.4 Å². The van der Waals surface area contributed by atoms with Crippen molar-refractivity contribution in [1.29, 1.82) is 0 Å². The van der Waals surface area contributed by atoms with Crippen molar-refractivity contribution in [2.75, 3.05) is 12.3 Å². The molecule has 1 aliphatic carbocycles. The number of amides is 2. The molecule has 1 saturated carbocycles. The average Bonchev–Trinajstić information content (AvgIpc) is 2.81. The van der Waals surface area contributed by atoms with Gasteiger partial charge in [0.15, 0.2) is 5.78 Å². The molecule has 2 aliphatic rings. The molecule has 2 fully saturated rings. The number of carbonyl (C=O) groups excluding carboxylic acids is 3. The molecule has 5 nitrogen and oxygen atoms in total. The van der Waals surface area contributed by atoms with Crippen LogP contribution in [0.5, 0.6) is 0 Å². The van der Waals surface area contributed by atoms with E-state index in [1.54, 1.807) is 0 Å².